The van der Waals surface area contributed by atoms with Crippen LogP contribution in [0.1, 0.15) is 35.8 Å². The lowest BCUT2D eigenvalue weighted by molar-refractivity contribution is 0.0835. The van der Waals surface area contributed by atoms with E-state index in [1.165, 1.54) is 0 Å². The molecule has 1 fully saturated rings. The summed E-state index contributed by atoms with van der Waals surface area (Å²) < 4.78 is 14.5. The Kier molecular flexibility index (Phi) is 4.51. The highest BCUT2D eigenvalue weighted by atomic mass is 16.5. The van der Waals surface area contributed by atoms with E-state index in [-0.39, 0.29) is 5.56 Å². The molecule has 2 aromatic heterocycles. The van der Waals surface area contributed by atoms with Crippen molar-refractivity contribution in [2.24, 2.45) is 0 Å². The van der Waals surface area contributed by atoms with Crippen LogP contribution >= 0.6 is 0 Å². The van der Waals surface area contributed by atoms with Crippen molar-refractivity contribution in [3.63, 3.8) is 0 Å². The Hall–Kier alpha value is -2.60. The summed E-state index contributed by atoms with van der Waals surface area (Å²) in [4.78, 5) is 17.6. The lowest BCUT2D eigenvalue weighted by Crippen LogP contribution is -2.25. The first-order chi connectivity index (χ1) is 12.7. The molecule has 1 aromatic carbocycles. The summed E-state index contributed by atoms with van der Waals surface area (Å²) in [6.45, 7) is 3.99. The van der Waals surface area contributed by atoms with Gasteiger partial charge in [-0.05, 0) is 37.5 Å². The zero-order chi connectivity index (χ0) is 18.1. The zero-order valence-corrected chi connectivity index (χ0v) is 15.1. The van der Waals surface area contributed by atoms with Gasteiger partial charge in [-0.15, -0.1) is 0 Å². The molecular formula is C20H23N3O3. The molecule has 0 amide bonds. The molecule has 3 heterocycles. The number of imidazole rings is 1. The quantitative estimate of drug-likeness (QED) is 0.724. The van der Waals surface area contributed by atoms with Crippen LogP contribution in [0.3, 0.4) is 0 Å². The molecule has 0 radical (unpaired) electrons. The first-order valence-electron chi connectivity index (χ1n) is 8.95. The van der Waals surface area contributed by atoms with Crippen molar-refractivity contribution in [2.45, 2.75) is 32.2 Å². The van der Waals surface area contributed by atoms with Crippen LogP contribution in [0.15, 0.2) is 41.5 Å². The van der Waals surface area contributed by atoms with Gasteiger partial charge in [0.25, 0.3) is 5.56 Å². The van der Waals surface area contributed by atoms with E-state index in [2.05, 4.69) is 4.98 Å². The predicted octanol–water partition coefficient (Wildman–Crippen LogP) is 2.76. The number of rotatable bonds is 4. The van der Waals surface area contributed by atoms with Crippen molar-refractivity contribution in [3.05, 3.63) is 64.1 Å². The van der Waals surface area contributed by atoms with Gasteiger partial charge >= 0.3 is 0 Å². The fourth-order valence-corrected chi connectivity index (χ4v) is 3.63. The maximum Gasteiger partial charge on any atom is 0.276 e. The number of aromatic nitrogens is 3. The van der Waals surface area contributed by atoms with E-state index >= 15 is 0 Å². The van der Waals surface area contributed by atoms with Gasteiger partial charge in [0.1, 0.15) is 17.1 Å². The third-order valence-electron chi connectivity index (χ3n) is 5.09. The summed E-state index contributed by atoms with van der Waals surface area (Å²) in [5, 5.41) is 0. The molecule has 0 aliphatic carbocycles. The normalized spacial score (nSPS) is 15.5. The minimum absolute atomic E-state index is 0.0152. The fourth-order valence-electron chi connectivity index (χ4n) is 3.63. The van der Waals surface area contributed by atoms with E-state index < -0.39 is 0 Å². The van der Waals surface area contributed by atoms with Gasteiger partial charge in [-0.2, -0.15) is 0 Å². The van der Waals surface area contributed by atoms with E-state index in [0.29, 0.717) is 18.0 Å². The zero-order valence-electron chi connectivity index (χ0n) is 15.1. The van der Waals surface area contributed by atoms with Crippen LogP contribution in [0.5, 0.6) is 5.75 Å². The molecule has 3 aromatic rings. The number of methoxy groups -OCH3 is 1. The maximum absolute atomic E-state index is 13.1. The Balaban J connectivity index is 1.73. The van der Waals surface area contributed by atoms with E-state index in [1.54, 1.807) is 17.9 Å². The molecule has 0 N–H and O–H groups in total. The predicted molar refractivity (Wildman–Crippen MR) is 99.1 cm³/mol. The maximum atomic E-state index is 13.1. The van der Waals surface area contributed by atoms with Crippen molar-refractivity contribution < 1.29 is 9.47 Å². The summed E-state index contributed by atoms with van der Waals surface area (Å²) in [7, 11) is 1.65. The number of hydrogen-bond donors (Lipinski definition) is 0. The molecule has 136 valence electrons. The summed E-state index contributed by atoms with van der Waals surface area (Å²) in [6, 6.07) is 7.80. The highest BCUT2D eigenvalue weighted by molar-refractivity contribution is 5.45. The Morgan fingerprint density at radius 3 is 2.88 bits per heavy atom. The summed E-state index contributed by atoms with van der Waals surface area (Å²) >= 11 is 0. The van der Waals surface area contributed by atoms with Crippen molar-refractivity contribution >= 4 is 5.52 Å². The summed E-state index contributed by atoms with van der Waals surface area (Å²) in [5.74, 6) is 2.11. The molecule has 26 heavy (non-hydrogen) atoms. The molecule has 0 spiro atoms. The highest BCUT2D eigenvalue weighted by Gasteiger charge is 2.22. The minimum Gasteiger partial charge on any atom is -0.497 e. The van der Waals surface area contributed by atoms with E-state index in [4.69, 9.17) is 9.47 Å². The molecule has 0 bridgehead atoms. The molecule has 4 rings (SSSR count). The number of benzene rings is 1. The SMILES string of the molecule is COc1cccc(Cn2c(C)cn3c(C4CCOCC4)ncc3c2=O)c1. The van der Waals surface area contributed by atoms with Gasteiger partial charge < -0.3 is 14.0 Å². The van der Waals surface area contributed by atoms with Crippen molar-refractivity contribution in [2.75, 3.05) is 20.3 Å². The molecule has 1 saturated heterocycles. The number of hydrogen-bond acceptors (Lipinski definition) is 4. The molecule has 1 aliphatic heterocycles. The molecule has 1 aliphatic rings. The number of fused-ring (bicyclic) bond motifs is 1. The Morgan fingerprint density at radius 2 is 2.12 bits per heavy atom. The van der Waals surface area contributed by atoms with Crippen LogP contribution in [0.25, 0.3) is 5.52 Å². The topological polar surface area (TPSA) is 57.8 Å². The van der Waals surface area contributed by atoms with Gasteiger partial charge in [0, 0.05) is 31.0 Å². The van der Waals surface area contributed by atoms with E-state index in [0.717, 1.165) is 48.9 Å². The lowest BCUT2D eigenvalue weighted by atomic mass is 10.00. The van der Waals surface area contributed by atoms with Crippen molar-refractivity contribution in [1.82, 2.24) is 14.0 Å². The molecule has 0 atom stereocenters. The Morgan fingerprint density at radius 1 is 1.31 bits per heavy atom. The van der Waals surface area contributed by atoms with Crippen LogP contribution in [-0.4, -0.2) is 34.3 Å². The second-order valence-electron chi connectivity index (χ2n) is 6.77. The number of aryl methyl sites for hydroxylation is 1. The standard InChI is InChI=1S/C20H23N3O3/c1-14-12-23-18(11-21-19(23)16-6-8-26-9-7-16)20(24)22(14)13-15-4-3-5-17(10-15)25-2/h3-5,10-12,16H,6-9,13H2,1-2H3. The van der Waals surface area contributed by atoms with Crippen LogP contribution in [0.2, 0.25) is 0 Å². The summed E-state index contributed by atoms with van der Waals surface area (Å²) in [5.41, 5.74) is 2.55. The van der Waals surface area contributed by atoms with Gasteiger partial charge in [-0.25, -0.2) is 4.98 Å². The third-order valence-corrected chi connectivity index (χ3v) is 5.09. The van der Waals surface area contributed by atoms with Gasteiger partial charge in [0.05, 0.1) is 19.9 Å². The summed E-state index contributed by atoms with van der Waals surface area (Å²) in [6.07, 6.45) is 5.62. The molecule has 6 heteroatoms. The molecule has 0 saturated carbocycles. The second-order valence-corrected chi connectivity index (χ2v) is 6.77. The third kappa shape index (κ3) is 3.01. The van der Waals surface area contributed by atoms with Crippen LogP contribution < -0.4 is 10.3 Å². The smallest absolute Gasteiger partial charge is 0.276 e. The largest absolute Gasteiger partial charge is 0.497 e. The van der Waals surface area contributed by atoms with E-state index in [9.17, 15) is 4.79 Å². The fraction of sp³-hybridized carbons (Fsp3) is 0.400. The molecule has 0 unspecified atom stereocenters. The van der Waals surface area contributed by atoms with Gasteiger partial charge in [-0.3, -0.25) is 9.20 Å². The van der Waals surface area contributed by atoms with E-state index in [1.807, 2.05) is 41.8 Å². The lowest BCUT2D eigenvalue weighted by Gasteiger charge is -2.21. The second kappa shape index (κ2) is 6.96. The van der Waals surface area contributed by atoms with Crippen LogP contribution in [0, 0.1) is 6.92 Å². The number of ether oxygens (including phenoxy) is 2. The van der Waals surface area contributed by atoms with Gasteiger partial charge in [0.15, 0.2) is 0 Å². The van der Waals surface area contributed by atoms with Crippen molar-refractivity contribution in [1.29, 1.82) is 0 Å². The van der Waals surface area contributed by atoms with Crippen LogP contribution in [0.4, 0.5) is 0 Å². The molecule has 6 nitrogen and oxygen atoms in total. The average Bonchev–Trinajstić information content (AvgIpc) is 3.10. The average molecular weight is 353 g/mol. The van der Waals surface area contributed by atoms with Crippen molar-refractivity contribution in [3.8, 4) is 5.75 Å². The monoisotopic (exact) mass is 353 g/mol. The number of nitrogens with zero attached hydrogens (tertiary/aromatic N) is 3. The Labute approximate surface area is 152 Å². The first kappa shape index (κ1) is 16.8. The first-order valence-corrected chi connectivity index (χ1v) is 8.95. The minimum atomic E-state index is -0.0152. The van der Waals surface area contributed by atoms with Gasteiger partial charge in [0.2, 0.25) is 0 Å². The Bertz CT molecular complexity index is 984. The van der Waals surface area contributed by atoms with Gasteiger partial charge in [-0.1, -0.05) is 12.1 Å². The highest BCUT2D eigenvalue weighted by Crippen LogP contribution is 2.26. The van der Waals surface area contributed by atoms with Crippen LogP contribution in [-0.2, 0) is 11.3 Å². The molecular weight excluding hydrogens is 330 g/mol.